The number of nitrogens with one attached hydrogen (secondary N) is 1. The summed E-state index contributed by atoms with van der Waals surface area (Å²) in [5.74, 6) is 0. The van der Waals surface area contributed by atoms with Gasteiger partial charge in [0.2, 0.25) is 0 Å². The van der Waals surface area contributed by atoms with Crippen LogP contribution in [0.5, 0.6) is 0 Å². The van der Waals surface area contributed by atoms with E-state index in [1.54, 1.807) is 32.3 Å². The molecule has 118 valence electrons. The zero-order valence-electron chi connectivity index (χ0n) is 11.6. The zero-order chi connectivity index (χ0) is 16.5. The molecule has 0 radical (unpaired) electrons. The van der Waals surface area contributed by atoms with Crippen LogP contribution in [0.1, 0.15) is 0 Å². The molecule has 0 atom stereocenters. The minimum absolute atomic E-state index is 0.00188. The Labute approximate surface area is 136 Å². The van der Waals surface area contributed by atoms with Gasteiger partial charge >= 0.3 is 5.69 Å². The molecule has 0 bridgehead atoms. The third-order valence-electron chi connectivity index (χ3n) is 2.70. The summed E-state index contributed by atoms with van der Waals surface area (Å²) in [6.45, 7) is 0. The van der Waals surface area contributed by atoms with Crippen LogP contribution in [0.2, 0.25) is 4.34 Å². The smallest absolute Gasteiger partial charge is 0.329 e. The number of sulfonamides is 1. The molecule has 22 heavy (non-hydrogen) atoms. The molecule has 0 saturated carbocycles. The third-order valence-corrected chi connectivity index (χ3v) is 5.62. The first kappa shape index (κ1) is 16.5. The average Bonchev–Trinajstić information content (AvgIpc) is 2.77. The van der Waals surface area contributed by atoms with Crippen molar-refractivity contribution >= 4 is 49.3 Å². The fourth-order valence-corrected chi connectivity index (χ4v) is 4.19. The second-order valence-electron chi connectivity index (χ2n) is 4.47. The number of halogens is 1. The van der Waals surface area contributed by atoms with Crippen molar-refractivity contribution in [2.75, 3.05) is 23.7 Å². The Bertz CT molecular complexity index is 803. The minimum Gasteiger partial charge on any atom is -0.364 e. The van der Waals surface area contributed by atoms with E-state index < -0.39 is 14.9 Å². The van der Waals surface area contributed by atoms with Crippen molar-refractivity contribution in [3.05, 3.63) is 44.8 Å². The van der Waals surface area contributed by atoms with Gasteiger partial charge in [-0.15, -0.1) is 0 Å². The van der Waals surface area contributed by atoms with Gasteiger partial charge < -0.3 is 4.90 Å². The van der Waals surface area contributed by atoms with E-state index in [-0.39, 0.29) is 25.6 Å². The fourth-order valence-electron chi connectivity index (χ4n) is 1.74. The van der Waals surface area contributed by atoms with E-state index in [0.29, 0.717) is 0 Å². The number of benzene rings is 1. The maximum absolute atomic E-state index is 12.3. The van der Waals surface area contributed by atoms with E-state index in [9.17, 15) is 18.5 Å². The number of rotatable bonds is 5. The summed E-state index contributed by atoms with van der Waals surface area (Å²) < 4.78 is 26.8. The summed E-state index contributed by atoms with van der Waals surface area (Å²) in [4.78, 5) is 12.1. The molecule has 0 spiro atoms. The number of hydrogen-bond donors (Lipinski definition) is 1. The van der Waals surface area contributed by atoms with Gasteiger partial charge in [0.25, 0.3) is 10.0 Å². The molecule has 0 saturated heterocycles. The van der Waals surface area contributed by atoms with Crippen LogP contribution in [0.4, 0.5) is 16.4 Å². The highest BCUT2D eigenvalue weighted by Gasteiger charge is 2.31. The fraction of sp³-hybridized carbons (Fsp3) is 0.167. The third kappa shape index (κ3) is 3.16. The Balaban J connectivity index is 2.53. The van der Waals surface area contributed by atoms with Crippen molar-refractivity contribution in [2.45, 2.75) is 4.90 Å². The second-order valence-corrected chi connectivity index (χ2v) is 7.76. The summed E-state index contributed by atoms with van der Waals surface area (Å²) in [5, 5.41) is 11.5. The van der Waals surface area contributed by atoms with Crippen molar-refractivity contribution in [3.8, 4) is 0 Å². The molecule has 1 N–H and O–H groups in total. The molecule has 10 heteroatoms. The molecule has 0 aliphatic rings. The molecule has 1 aromatic heterocycles. The highest BCUT2D eigenvalue weighted by Crippen LogP contribution is 2.48. The lowest BCUT2D eigenvalue weighted by Crippen LogP contribution is -2.14. The van der Waals surface area contributed by atoms with Crippen molar-refractivity contribution in [1.82, 2.24) is 0 Å². The minimum atomic E-state index is -3.95. The van der Waals surface area contributed by atoms with Gasteiger partial charge in [-0.1, -0.05) is 41.1 Å². The Hall–Kier alpha value is -1.84. The monoisotopic (exact) mass is 361 g/mol. The lowest BCUT2D eigenvalue weighted by atomic mass is 10.4. The summed E-state index contributed by atoms with van der Waals surface area (Å²) >= 11 is 6.93. The van der Waals surface area contributed by atoms with Gasteiger partial charge in [0.15, 0.2) is 10.7 Å². The van der Waals surface area contributed by atoms with Gasteiger partial charge in [-0.2, -0.15) is 0 Å². The molecule has 0 amide bonds. The second kappa shape index (κ2) is 6.11. The molecule has 0 aliphatic carbocycles. The van der Waals surface area contributed by atoms with Crippen molar-refractivity contribution in [2.24, 2.45) is 0 Å². The van der Waals surface area contributed by atoms with Crippen LogP contribution in [0.15, 0.2) is 35.2 Å². The van der Waals surface area contributed by atoms with Gasteiger partial charge in [0.1, 0.15) is 4.34 Å². The molecule has 2 rings (SSSR count). The largest absolute Gasteiger partial charge is 0.364 e. The highest BCUT2D eigenvalue weighted by molar-refractivity contribution is 7.92. The summed E-state index contributed by atoms with van der Waals surface area (Å²) in [7, 11) is -0.724. The number of anilines is 2. The lowest BCUT2D eigenvalue weighted by molar-refractivity contribution is -0.382. The number of nitro groups is 1. The van der Waals surface area contributed by atoms with Crippen LogP contribution in [0, 0.1) is 10.1 Å². The molecule has 1 aromatic carbocycles. The van der Waals surface area contributed by atoms with Gasteiger partial charge in [0.05, 0.1) is 9.82 Å². The van der Waals surface area contributed by atoms with Crippen LogP contribution >= 0.6 is 22.9 Å². The zero-order valence-corrected chi connectivity index (χ0v) is 14.0. The highest BCUT2D eigenvalue weighted by atomic mass is 35.5. The molecule has 0 aliphatic heterocycles. The Morgan fingerprint density at radius 1 is 1.27 bits per heavy atom. The SMILES string of the molecule is CN(C)c1sc(Cl)c(NS(=O)(=O)c2ccccc2)c1[N+](=O)[O-]. The normalized spacial score (nSPS) is 11.2. The van der Waals surface area contributed by atoms with Crippen molar-refractivity contribution in [1.29, 1.82) is 0 Å². The van der Waals surface area contributed by atoms with Gasteiger partial charge in [-0.05, 0) is 12.1 Å². The van der Waals surface area contributed by atoms with E-state index in [2.05, 4.69) is 4.72 Å². The first-order valence-electron chi connectivity index (χ1n) is 5.96. The molecule has 1 heterocycles. The predicted octanol–water partition coefficient (Wildman–Crippen LogP) is 3.18. The number of hydrogen-bond acceptors (Lipinski definition) is 6. The Kier molecular flexibility index (Phi) is 4.59. The van der Waals surface area contributed by atoms with Crippen LogP contribution in [-0.4, -0.2) is 27.4 Å². The molecule has 0 unspecified atom stereocenters. The number of nitrogens with zero attached hydrogens (tertiary/aromatic N) is 2. The van der Waals surface area contributed by atoms with E-state index >= 15 is 0 Å². The van der Waals surface area contributed by atoms with Crippen molar-refractivity contribution in [3.63, 3.8) is 0 Å². The van der Waals surface area contributed by atoms with Crippen LogP contribution in [0.25, 0.3) is 0 Å². The standard InChI is InChI=1S/C12H12ClN3O4S2/c1-15(2)12-10(16(17)18)9(11(13)21-12)14-22(19,20)8-6-4-3-5-7-8/h3-7,14H,1-2H3. The molecular weight excluding hydrogens is 350 g/mol. The van der Waals surface area contributed by atoms with Crippen LogP contribution in [0.3, 0.4) is 0 Å². The maximum atomic E-state index is 12.3. The summed E-state index contributed by atoms with van der Waals surface area (Å²) in [6.07, 6.45) is 0. The van der Waals surface area contributed by atoms with E-state index in [1.165, 1.54) is 17.0 Å². The Morgan fingerprint density at radius 2 is 1.86 bits per heavy atom. The molecule has 0 fully saturated rings. The Morgan fingerprint density at radius 3 is 2.36 bits per heavy atom. The van der Waals surface area contributed by atoms with Gasteiger partial charge in [0, 0.05) is 14.1 Å². The number of thiophene rings is 1. The quantitative estimate of drug-likeness (QED) is 0.652. The van der Waals surface area contributed by atoms with E-state index in [4.69, 9.17) is 11.6 Å². The average molecular weight is 362 g/mol. The van der Waals surface area contributed by atoms with E-state index in [1.807, 2.05) is 0 Å². The molecule has 2 aromatic rings. The first-order valence-corrected chi connectivity index (χ1v) is 8.63. The first-order chi connectivity index (χ1) is 10.2. The summed E-state index contributed by atoms with van der Waals surface area (Å²) in [6, 6.07) is 7.57. The van der Waals surface area contributed by atoms with E-state index in [0.717, 1.165) is 11.3 Å². The van der Waals surface area contributed by atoms with Crippen LogP contribution < -0.4 is 9.62 Å². The van der Waals surface area contributed by atoms with Crippen LogP contribution in [-0.2, 0) is 10.0 Å². The molecular formula is C12H12ClN3O4S2. The van der Waals surface area contributed by atoms with Crippen molar-refractivity contribution < 1.29 is 13.3 Å². The predicted molar refractivity (Wildman–Crippen MR) is 87.6 cm³/mol. The molecule has 7 nitrogen and oxygen atoms in total. The van der Waals surface area contributed by atoms with Gasteiger partial charge in [-0.25, -0.2) is 8.42 Å². The van der Waals surface area contributed by atoms with Gasteiger partial charge in [-0.3, -0.25) is 14.8 Å². The lowest BCUT2D eigenvalue weighted by Gasteiger charge is -2.09. The topological polar surface area (TPSA) is 92.6 Å². The maximum Gasteiger partial charge on any atom is 0.329 e. The summed E-state index contributed by atoms with van der Waals surface area (Å²) in [5.41, 5.74) is -0.580.